The van der Waals surface area contributed by atoms with Crippen LogP contribution in [0.4, 0.5) is 10.5 Å². The number of amides is 3. The van der Waals surface area contributed by atoms with E-state index >= 15 is 0 Å². The van der Waals surface area contributed by atoms with Crippen molar-refractivity contribution in [2.24, 2.45) is 5.73 Å². The van der Waals surface area contributed by atoms with Crippen molar-refractivity contribution in [3.8, 4) is 0 Å². The highest BCUT2D eigenvalue weighted by atomic mass is 16.4. The van der Waals surface area contributed by atoms with E-state index in [9.17, 15) is 14.4 Å². The van der Waals surface area contributed by atoms with Gasteiger partial charge in [0.1, 0.15) is 6.54 Å². The van der Waals surface area contributed by atoms with Crippen LogP contribution in [0.15, 0.2) is 30.3 Å². The summed E-state index contributed by atoms with van der Waals surface area (Å²) in [6.07, 6.45) is 0. The second kappa shape index (κ2) is 6.24. The molecule has 0 bridgehead atoms. The number of nitrogens with two attached hydrogens (primary N) is 1. The first-order valence-corrected chi connectivity index (χ1v) is 5.10. The van der Waals surface area contributed by atoms with Crippen LogP contribution >= 0.6 is 0 Å². The van der Waals surface area contributed by atoms with Gasteiger partial charge in [-0.15, -0.1) is 0 Å². The van der Waals surface area contributed by atoms with Gasteiger partial charge >= 0.3 is 12.0 Å². The van der Waals surface area contributed by atoms with Gasteiger partial charge in [-0.05, 0) is 12.1 Å². The van der Waals surface area contributed by atoms with Crippen molar-refractivity contribution in [1.82, 2.24) is 5.32 Å². The number of carbonyl (C=O) groups is 3. The van der Waals surface area contributed by atoms with Gasteiger partial charge < -0.3 is 15.7 Å². The van der Waals surface area contributed by atoms with Crippen molar-refractivity contribution >= 4 is 23.6 Å². The lowest BCUT2D eigenvalue weighted by Gasteiger charge is -2.21. The lowest BCUT2D eigenvalue weighted by molar-refractivity contribution is -0.135. The minimum Gasteiger partial charge on any atom is -0.480 e. The van der Waals surface area contributed by atoms with Crippen LogP contribution in [0.2, 0.25) is 0 Å². The number of imide groups is 1. The standard InChI is InChI=1S/C11H13N3O4/c12-11(18)13-9(15)6-14(7-10(16)17)8-4-2-1-3-5-8/h1-5H,6-7H2,(H,16,17)(H3,12,13,15,18). The summed E-state index contributed by atoms with van der Waals surface area (Å²) < 4.78 is 0. The molecule has 3 amide bonds. The Labute approximate surface area is 103 Å². The number of hydrogen-bond donors (Lipinski definition) is 3. The van der Waals surface area contributed by atoms with E-state index in [1.54, 1.807) is 30.3 Å². The van der Waals surface area contributed by atoms with Crippen LogP contribution in [-0.2, 0) is 9.59 Å². The molecule has 0 spiro atoms. The number of carbonyl (C=O) groups excluding carboxylic acids is 2. The molecule has 0 heterocycles. The molecule has 96 valence electrons. The van der Waals surface area contributed by atoms with Crippen LogP contribution in [-0.4, -0.2) is 36.1 Å². The van der Waals surface area contributed by atoms with Crippen molar-refractivity contribution in [3.05, 3.63) is 30.3 Å². The molecule has 1 aromatic rings. The molecule has 0 saturated carbocycles. The van der Waals surface area contributed by atoms with E-state index in [1.807, 2.05) is 5.32 Å². The van der Waals surface area contributed by atoms with Gasteiger partial charge in [0.15, 0.2) is 0 Å². The topological polar surface area (TPSA) is 113 Å². The Bertz CT molecular complexity index is 447. The first-order valence-electron chi connectivity index (χ1n) is 5.10. The molecule has 0 radical (unpaired) electrons. The minimum absolute atomic E-state index is 0.265. The molecule has 0 saturated heterocycles. The Balaban J connectivity index is 2.76. The van der Waals surface area contributed by atoms with E-state index < -0.39 is 17.9 Å². The quantitative estimate of drug-likeness (QED) is 0.669. The number of nitrogens with zero attached hydrogens (tertiary/aromatic N) is 1. The largest absolute Gasteiger partial charge is 0.480 e. The van der Waals surface area contributed by atoms with Gasteiger partial charge in [-0.3, -0.25) is 14.9 Å². The van der Waals surface area contributed by atoms with E-state index in [0.717, 1.165) is 0 Å². The molecule has 0 aromatic heterocycles. The highest BCUT2D eigenvalue weighted by molar-refractivity contribution is 5.96. The zero-order chi connectivity index (χ0) is 13.5. The molecule has 7 nitrogen and oxygen atoms in total. The second-order valence-corrected chi connectivity index (χ2v) is 3.50. The molecule has 7 heteroatoms. The first kappa shape index (κ1) is 13.5. The summed E-state index contributed by atoms with van der Waals surface area (Å²) in [5.41, 5.74) is 5.37. The third-order valence-corrected chi connectivity index (χ3v) is 2.04. The van der Waals surface area contributed by atoms with Crippen molar-refractivity contribution in [2.75, 3.05) is 18.0 Å². The third-order valence-electron chi connectivity index (χ3n) is 2.04. The molecule has 18 heavy (non-hydrogen) atoms. The number of anilines is 1. The Morgan fingerprint density at radius 3 is 2.28 bits per heavy atom. The van der Waals surface area contributed by atoms with Gasteiger partial charge in [0.25, 0.3) is 0 Å². The SMILES string of the molecule is NC(=O)NC(=O)CN(CC(=O)O)c1ccccc1. The van der Waals surface area contributed by atoms with Gasteiger partial charge in [0, 0.05) is 5.69 Å². The van der Waals surface area contributed by atoms with Gasteiger partial charge in [-0.1, -0.05) is 18.2 Å². The highest BCUT2D eigenvalue weighted by Gasteiger charge is 2.15. The fourth-order valence-electron chi connectivity index (χ4n) is 1.39. The predicted octanol–water partition coefficient (Wildman–Crippen LogP) is -0.227. The number of benzene rings is 1. The maximum atomic E-state index is 11.4. The summed E-state index contributed by atoms with van der Waals surface area (Å²) in [6.45, 7) is -0.616. The van der Waals surface area contributed by atoms with E-state index in [-0.39, 0.29) is 13.1 Å². The Morgan fingerprint density at radius 2 is 1.78 bits per heavy atom. The zero-order valence-electron chi connectivity index (χ0n) is 9.50. The molecule has 0 aliphatic carbocycles. The molecule has 0 aliphatic heterocycles. The van der Waals surface area contributed by atoms with Gasteiger partial charge in [-0.25, -0.2) is 4.79 Å². The van der Waals surface area contributed by atoms with E-state index in [4.69, 9.17) is 10.8 Å². The van der Waals surface area contributed by atoms with Crippen LogP contribution in [0, 0.1) is 0 Å². The smallest absolute Gasteiger partial charge is 0.323 e. The molecule has 4 N–H and O–H groups in total. The number of rotatable bonds is 5. The van der Waals surface area contributed by atoms with Crippen molar-refractivity contribution in [1.29, 1.82) is 0 Å². The minimum atomic E-state index is -1.08. The fraction of sp³-hybridized carbons (Fsp3) is 0.182. The number of carboxylic acid groups (broad SMARTS) is 1. The Hall–Kier alpha value is -2.57. The van der Waals surface area contributed by atoms with E-state index in [1.165, 1.54) is 4.90 Å². The van der Waals surface area contributed by atoms with Crippen molar-refractivity contribution in [2.45, 2.75) is 0 Å². The Morgan fingerprint density at radius 1 is 1.17 bits per heavy atom. The number of aliphatic carboxylic acids is 1. The maximum absolute atomic E-state index is 11.4. The lowest BCUT2D eigenvalue weighted by Crippen LogP contribution is -2.43. The number of carboxylic acids is 1. The van der Waals surface area contributed by atoms with Gasteiger partial charge in [0.2, 0.25) is 5.91 Å². The van der Waals surface area contributed by atoms with Gasteiger partial charge in [0.05, 0.1) is 6.54 Å². The van der Waals surface area contributed by atoms with Crippen molar-refractivity contribution in [3.63, 3.8) is 0 Å². The molecular formula is C11H13N3O4. The first-order chi connectivity index (χ1) is 8.49. The molecular weight excluding hydrogens is 238 g/mol. The van der Waals surface area contributed by atoms with E-state index in [2.05, 4.69) is 0 Å². The molecule has 0 fully saturated rings. The lowest BCUT2D eigenvalue weighted by atomic mass is 10.3. The average Bonchev–Trinajstić information content (AvgIpc) is 2.27. The zero-order valence-corrected chi connectivity index (χ0v) is 9.50. The maximum Gasteiger partial charge on any atom is 0.323 e. The summed E-state index contributed by atoms with van der Waals surface area (Å²) in [5, 5.41) is 10.7. The average molecular weight is 251 g/mol. The molecule has 1 rings (SSSR count). The molecule has 0 aliphatic rings. The fourth-order valence-corrected chi connectivity index (χ4v) is 1.39. The molecule has 0 atom stereocenters. The number of primary amides is 1. The van der Waals surface area contributed by atoms with Crippen LogP contribution in [0.5, 0.6) is 0 Å². The molecule has 1 aromatic carbocycles. The predicted molar refractivity (Wildman–Crippen MR) is 64.0 cm³/mol. The van der Waals surface area contributed by atoms with Gasteiger partial charge in [-0.2, -0.15) is 0 Å². The second-order valence-electron chi connectivity index (χ2n) is 3.50. The normalized spacial score (nSPS) is 9.56. The third kappa shape index (κ3) is 4.52. The van der Waals surface area contributed by atoms with Crippen LogP contribution < -0.4 is 16.0 Å². The van der Waals surface area contributed by atoms with Crippen LogP contribution in [0.25, 0.3) is 0 Å². The Kier molecular flexibility index (Phi) is 4.67. The van der Waals surface area contributed by atoms with Crippen molar-refractivity contribution < 1.29 is 19.5 Å². The number of nitrogens with one attached hydrogen (secondary N) is 1. The number of hydrogen-bond acceptors (Lipinski definition) is 4. The number of urea groups is 1. The van der Waals surface area contributed by atoms with Crippen LogP contribution in [0.1, 0.15) is 0 Å². The summed E-state index contributed by atoms with van der Waals surface area (Å²) in [4.78, 5) is 33.9. The highest BCUT2D eigenvalue weighted by Crippen LogP contribution is 2.12. The molecule has 0 unspecified atom stereocenters. The monoisotopic (exact) mass is 251 g/mol. The van der Waals surface area contributed by atoms with E-state index in [0.29, 0.717) is 5.69 Å². The van der Waals surface area contributed by atoms with Crippen LogP contribution in [0.3, 0.4) is 0 Å². The summed E-state index contributed by atoms with van der Waals surface area (Å²) >= 11 is 0. The number of para-hydroxylation sites is 1. The summed E-state index contributed by atoms with van der Waals surface area (Å²) in [6, 6.07) is 7.57. The summed E-state index contributed by atoms with van der Waals surface area (Å²) in [5.74, 6) is -1.74. The summed E-state index contributed by atoms with van der Waals surface area (Å²) in [7, 11) is 0.